The quantitative estimate of drug-likeness (QED) is 0.694. The number of nitrogens with zero attached hydrogens (tertiary/aromatic N) is 4. The van der Waals surface area contributed by atoms with Gasteiger partial charge >= 0.3 is 0 Å². The second-order valence-electron chi connectivity index (χ2n) is 5.47. The van der Waals surface area contributed by atoms with Crippen LogP contribution in [0.4, 0.5) is 0 Å². The third-order valence-electron chi connectivity index (χ3n) is 3.80. The molecule has 0 saturated carbocycles. The second-order valence-corrected chi connectivity index (χ2v) is 5.47. The third-order valence-corrected chi connectivity index (χ3v) is 3.80. The van der Waals surface area contributed by atoms with Gasteiger partial charge in [0.15, 0.2) is 5.82 Å². The van der Waals surface area contributed by atoms with Crippen LogP contribution in [-0.4, -0.2) is 65.2 Å². The molecular formula is C14H24N4O3. The molecule has 1 saturated heterocycles. The van der Waals surface area contributed by atoms with Gasteiger partial charge in [0.25, 0.3) is 0 Å². The van der Waals surface area contributed by atoms with E-state index < -0.39 is 0 Å². The number of methoxy groups -OCH3 is 1. The highest BCUT2D eigenvalue weighted by molar-refractivity contribution is 5.73. The predicted octanol–water partition coefficient (Wildman–Crippen LogP) is 0.837. The molecule has 118 valence electrons. The van der Waals surface area contributed by atoms with Gasteiger partial charge in [-0.1, -0.05) is 5.16 Å². The Morgan fingerprint density at radius 3 is 3.00 bits per heavy atom. The molecule has 1 aliphatic heterocycles. The van der Waals surface area contributed by atoms with Crippen molar-refractivity contribution in [2.75, 3.05) is 33.4 Å². The average Bonchev–Trinajstić information content (AvgIpc) is 3.05. The van der Waals surface area contributed by atoms with Crippen molar-refractivity contribution in [3.05, 3.63) is 11.7 Å². The maximum Gasteiger partial charge on any atom is 0.223 e. The molecule has 1 fully saturated rings. The fraction of sp³-hybridized carbons (Fsp3) is 0.786. The van der Waals surface area contributed by atoms with Crippen molar-refractivity contribution in [3.8, 4) is 0 Å². The van der Waals surface area contributed by atoms with Gasteiger partial charge in [-0.15, -0.1) is 0 Å². The number of hydrogen-bond acceptors (Lipinski definition) is 6. The summed E-state index contributed by atoms with van der Waals surface area (Å²) in [4.78, 5) is 20.3. The lowest BCUT2D eigenvalue weighted by atomic mass is 10.2. The molecule has 2 heterocycles. The van der Waals surface area contributed by atoms with Gasteiger partial charge in [-0.05, 0) is 12.8 Å². The topological polar surface area (TPSA) is 71.7 Å². The Bertz CT molecular complexity index is 463. The molecule has 21 heavy (non-hydrogen) atoms. The summed E-state index contributed by atoms with van der Waals surface area (Å²) in [5.74, 6) is 1.16. The Balaban J connectivity index is 1.89. The van der Waals surface area contributed by atoms with E-state index in [1.54, 1.807) is 21.0 Å². The number of carbonyl (C=O) groups excluding carboxylic acids is 1. The molecule has 7 nitrogen and oxygen atoms in total. The van der Waals surface area contributed by atoms with Crippen molar-refractivity contribution in [2.24, 2.45) is 0 Å². The highest BCUT2D eigenvalue weighted by Gasteiger charge is 2.29. The molecule has 0 aromatic carbocycles. The maximum absolute atomic E-state index is 11.9. The normalized spacial score (nSPS) is 19.1. The number of likely N-dealkylation sites (tertiary alicyclic amines) is 1. The zero-order chi connectivity index (χ0) is 15.2. The zero-order valence-electron chi connectivity index (χ0n) is 13.0. The summed E-state index contributed by atoms with van der Waals surface area (Å²) >= 11 is 0. The molecule has 1 atom stereocenters. The van der Waals surface area contributed by atoms with Crippen LogP contribution in [-0.2, 0) is 16.1 Å². The van der Waals surface area contributed by atoms with Crippen LogP contribution in [0.1, 0.15) is 31.5 Å². The van der Waals surface area contributed by atoms with E-state index in [4.69, 9.17) is 9.26 Å². The van der Waals surface area contributed by atoms with Crippen LogP contribution in [0.2, 0.25) is 0 Å². The number of hydrogen-bond donors (Lipinski definition) is 0. The second kappa shape index (κ2) is 7.51. The Morgan fingerprint density at radius 1 is 1.57 bits per heavy atom. The molecule has 0 aliphatic carbocycles. The number of carbonyl (C=O) groups is 1. The fourth-order valence-corrected chi connectivity index (χ4v) is 2.76. The molecule has 1 aliphatic rings. The van der Waals surface area contributed by atoms with Gasteiger partial charge in [-0.25, -0.2) is 0 Å². The van der Waals surface area contributed by atoms with E-state index in [-0.39, 0.29) is 11.9 Å². The van der Waals surface area contributed by atoms with E-state index in [0.29, 0.717) is 18.3 Å². The first-order chi connectivity index (χ1) is 10.1. The first kappa shape index (κ1) is 15.9. The molecule has 7 heteroatoms. The minimum Gasteiger partial charge on any atom is -0.385 e. The van der Waals surface area contributed by atoms with Crippen molar-refractivity contribution >= 4 is 5.91 Å². The van der Waals surface area contributed by atoms with Gasteiger partial charge in [0, 0.05) is 53.2 Å². The van der Waals surface area contributed by atoms with E-state index in [2.05, 4.69) is 15.0 Å². The summed E-state index contributed by atoms with van der Waals surface area (Å²) in [7, 11) is 1.72. The largest absolute Gasteiger partial charge is 0.385 e. The molecule has 0 spiro atoms. The standard InChI is InChI=1S/C14H24N4O3/c1-11-15-14(16-21-11)10-18(12(2)19)13-5-7-17(9-13)6-4-8-20-3/h13H,4-10H2,1-3H3/t13-/m1/s1. The van der Waals surface area contributed by atoms with Crippen LogP contribution in [0, 0.1) is 6.92 Å². The Hall–Kier alpha value is -1.47. The lowest BCUT2D eigenvalue weighted by Crippen LogP contribution is -2.40. The van der Waals surface area contributed by atoms with Crippen molar-refractivity contribution in [2.45, 2.75) is 39.3 Å². The SMILES string of the molecule is COCCCN1CC[C@@H](N(Cc2noc(C)n2)C(C)=O)C1. The van der Waals surface area contributed by atoms with E-state index in [1.807, 2.05) is 4.90 Å². The molecular weight excluding hydrogens is 272 g/mol. The number of amides is 1. The molecule has 1 amide bonds. The first-order valence-corrected chi connectivity index (χ1v) is 7.38. The highest BCUT2D eigenvalue weighted by atomic mass is 16.5. The van der Waals surface area contributed by atoms with Crippen LogP contribution in [0.3, 0.4) is 0 Å². The first-order valence-electron chi connectivity index (χ1n) is 7.38. The van der Waals surface area contributed by atoms with Gasteiger partial charge in [-0.2, -0.15) is 4.98 Å². The zero-order valence-corrected chi connectivity index (χ0v) is 13.0. The third kappa shape index (κ3) is 4.50. The minimum atomic E-state index is 0.0567. The minimum absolute atomic E-state index is 0.0567. The maximum atomic E-state index is 11.9. The van der Waals surface area contributed by atoms with Crippen LogP contribution < -0.4 is 0 Å². The molecule has 0 radical (unpaired) electrons. The van der Waals surface area contributed by atoms with Crippen LogP contribution in [0.5, 0.6) is 0 Å². The number of ether oxygens (including phenoxy) is 1. The van der Waals surface area contributed by atoms with Crippen LogP contribution in [0.15, 0.2) is 4.52 Å². The van der Waals surface area contributed by atoms with Gasteiger partial charge in [0.1, 0.15) is 0 Å². The Kier molecular flexibility index (Phi) is 5.69. The number of aromatic nitrogens is 2. The molecule has 0 unspecified atom stereocenters. The fourth-order valence-electron chi connectivity index (χ4n) is 2.76. The smallest absolute Gasteiger partial charge is 0.223 e. The van der Waals surface area contributed by atoms with Crippen molar-refractivity contribution in [1.82, 2.24) is 19.9 Å². The Morgan fingerprint density at radius 2 is 2.38 bits per heavy atom. The average molecular weight is 296 g/mol. The molecule has 1 aromatic heterocycles. The predicted molar refractivity (Wildman–Crippen MR) is 76.6 cm³/mol. The van der Waals surface area contributed by atoms with Gasteiger partial charge in [0.2, 0.25) is 11.8 Å². The van der Waals surface area contributed by atoms with Crippen LogP contribution in [0.25, 0.3) is 0 Å². The highest BCUT2D eigenvalue weighted by Crippen LogP contribution is 2.18. The summed E-state index contributed by atoms with van der Waals surface area (Å²) in [5, 5.41) is 3.88. The van der Waals surface area contributed by atoms with Gasteiger partial charge in [0.05, 0.1) is 6.54 Å². The van der Waals surface area contributed by atoms with Crippen molar-refractivity contribution in [3.63, 3.8) is 0 Å². The van der Waals surface area contributed by atoms with Crippen molar-refractivity contribution < 1.29 is 14.1 Å². The number of aryl methyl sites for hydroxylation is 1. The lowest BCUT2D eigenvalue weighted by molar-refractivity contribution is -0.131. The molecule has 1 aromatic rings. The van der Waals surface area contributed by atoms with E-state index in [1.165, 1.54) is 0 Å². The van der Waals surface area contributed by atoms with Crippen LogP contribution >= 0.6 is 0 Å². The Labute approximate surface area is 125 Å². The lowest BCUT2D eigenvalue weighted by Gasteiger charge is -2.27. The summed E-state index contributed by atoms with van der Waals surface area (Å²) < 4.78 is 10.0. The summed E-state index contributed by atoms with van der Waals surface area (Å²) in [6.45, 7) is 7.48. The van der Waals surface area contributed by atoms with E-state index in [0.717, 1.165) is 39.1 Å². The summed E-state index contributed by atoms with van der Waals surface area (Å²) in [5.41, 5.74) is 0. The van der Waals surface area contributed by atoms with Crippen molar-refractivity contribution in [1.29, 1.82) is 0 Å². The monoisotopic (exact) mass is 296 g/mol. The summed E-state index contributed by atoms with van der Waals surface area (Å²) in [6, 6.07) is 0.226. The molecule has 2 rings (SSSR count). The van der Waals surface area contributed by atoms with E-state index in [9.17, 15) is 4.79 Å². The molecule has 0 bridgehead atoms. The van der Waals surface area contributed by atoms with Gasteiger partial charge in [-0.3, -0.25) is 4.79 Å². The number of rotatable bonds is 7. The van der Waals surface area contributed by atoms with Gasteiger partial charge < -0.3 is 19.1 Å². The van der Waals surface area contributed by atoms with E-state index >= 15 is 0 Å². The molecule has 0 N–H and O–H groups in total. The summed E-state index contributed by atoms with van der Waals surface area (Å²) in [6.07, 6.45) is 2.01.